The van der Waals surface area contributed by atoms with Crippen molar-refractivity contribution in [2.45, 2.75) is 6.92 Å². The predicted molar refractivity (Wildman–Crippen MR) is 96.1 cm³/mol. The van der Waals surface area contributed by atoms with Crippen LogP contribution in [0, 0.1) is 6.92 Å². The third-order valence-electron chi connectivity index (χ3n) is 3.10. The summed E-state index contributed by atoms with van der Waals surface area (Å²) in [6, 6.07) is 8.47. The van der Waals surface area contributed by atoms with Crippen LogP contribution >= 0.6 is 31.9 Å². The maximum absolute atomic E-state index is 12.1. The number of para-hydroxylation sites is 1. The summed E-state index contributed by atoms with van der Waals surface area (Å²) < 4.78 is 17.5. The number of carbonyl (C=O) groups is 2. The number of esters is 1. The SMILES string of the molecule is COc1cccc(C=O)c1OC(=O)COc1c(C)cc(Br)cc1Br. The van der Waals surface area contributed by atoms with E-state index in [4.69, 9.17) is 14.2 Å². The van der Waals surface area contributed by atoms with Crippen molar-refractivity contribution in [1.29, 1.82) is 0 Å². The molecule has 2 aromatic rings. The lowest BCUT2D eigenvalue weighted by Crippen LogP contribution is -2.19. The van der Waals surface area contributed by atoms with Crippen LogP contribution in [0.25, 0.3) is 0 Å². The number of ether oxygens (including phenoxy) is 3. The summed E-state index contributed by atoms with van der Waals surface area (Å²) in [5, 5.41) is 0. The molecule has 0 saturated heterocycles. The summed E-state index contributed by atoms with van der Waals surface area (Å²) in [5.74, 6) is 0.284. The van der Waals surface area contributed by atoms with Gasteiger partial charge in [0.15, 0.2) is 24.4 Å². The van der Waals surface area contributed by atoms with E-state index < -0.39 is 5.97 Å². The first kappa shape index (κ1) is 18.5. The van der Waals surface area contributed by atoms with Gasteiger partial charge in [0.2, 0.25) is 0 Å². The molecule has 0 radical (unpaired) electrons. The Morgan fingerprint density at radius 3 is 2.58 bits per heavy atom. The van der Waals surface area contributed by atoms with Gasteiger partial charge in [0.1, 0.15) is 5.75 Å². The number of methoxy groups -OCH3 is 1. The lowest BCUT2D eigenvalue weighted by Gasteiger charge is -2.13. The third kappa shape index (κ3) is 4.36. The normalized spacial score (nSPS) is 10.2. The second-order valence-electron chi connectivity index (χ2n) is 4.79. The van der Waals surface area contributed by atoms with Crippen LogP contribution in [0.1, 0.15) is 15.9 Å². The van der Waals surface area contributed by atoms with Crippen molar-refractivity contribution < 1.29 is 23.8 Å². The van der Waals surface area contributed by atoms with Gasteiger partial charge in [-0.1, -0.05) is 22.0 Å². The molecule has 0 heterocycles. The zero-order valence-corrected chi connectivity index (χ0v) is 16.1. The molecule has 7 heteroatoms. The lowest BCUT2D eigenvalue weighted by molar-refractivity contribution is -0.136. The van der Waals surface area contributed by atoms with Crippen LogP contribution < -0.4 is 14.2 Å². The van der Waals surface area contributed by atoms with Crippen LogP contribution in [0.15, 0.2) is 39.3 Å². The van der Waals surface area contributed by atoms with Gasteiger partial charge in [0, 0.05) is 4.47 Å². The fraction of sp³-hybridized carbons (Fsp3) is 0.176. The Balaban J connectivity index is 2.11. The van der Waals surface area contributed by atoms with E-state index in [1.54, 1.807) is 12.1 Å². The maximum atomic E-state index is 12.1. The molecule has 0 atom stereocenters. The topological polar surface area (TPSA) is 61.8 Å². The molecule has 126 valence electrons. The Bertz CT molecular complexity index is 751. The largest absolute Gasteiger partial charge is 0.493 e. The third-order valence-corrected chi connectivity index (χ3v) is 4.15. The second kappa shape index (κ2) is 8.30. The minimum atomic E-state index is -0.642. The van der Waals surface area contributed by atoms with E-state index in [1.807, 2.05) is 19.1 Å². The molecule has 2 aromatic carbocycles. The van der Waals surface area contributed by atoms with Crippen molar-refractivity contribution >= 4 is 44.1 Å². The standard InChI is InChI=1S/C17H14Br2O5/c1-10-6-12(18)7-13(19)16(10)23-9-15(21)24-17-11(8-20)4-3-5-14(17)22-2/h3-8H,9H2,1-2H3. The Morgan fingerprint density at radius 1 is 1.21 bits per heavy atom. The first-order valence-electron chi connectivity index (χ1n) is 6.87. The number of rotatable bonds is 6. The summed E-state index contributed by atoms with van der Waals surface area (Å²) in [7, 11) is 1.43. The van der Waals surface area contributed by atoms with Crippen LogP contribution in [0.3, 0.4) is 0 Å². The first-order chi connectivity index (χ1) is 11.5. The van der Waals surface area contributed by atoms with E-state index in [9.17, 15) is 9.59 Å². The van der Waals surface area contributed by atoms with Gasteiger partial charge >= 0.3 is 5.97 Å². The van der Waals surface area contributed by atoms with Crippen molar-refractivity contribution in [2.24, 2.45) is 0 Å². The van der Waals surface area contributed by atoms with Crippen molar-refractivity contribution in [3.8, 4) is 17.2 Å². The summed E-state index contributed by atoms with van der Waals surface area (Å²) in [6.45, 7) is 1.55. The number of hydrogen-bond acceptors (Lipinski definition) is 5. The summed E-state index contributed by atoms with van der Waals surface area (Å²) in [4.78, 5) is 23.2. The average molecular weight is 458 g/mol. The van der Waals surface area contributed by atoms with Crippen LogP contribution in [0.4, 0.5) is 0 Å². The fourth-order valence-corrected chi connectivity index (χ4v) is 3.60. The van der Waals surface area contributed by atoms with Gasteiger partial charge in [-0.25, -0.2) is 4.79 Å². The molecule has 2 rings (SSSR count). The molecule has 0 saturated carbocycles. The second-order valence-corrected chi connectivity index (χ2v) is 6.56. The highest BCUT2D eigenvalue weighted by Crippen LogP contribution is 2.33. The lowest BCUT2D eigenvalue weighted by atomic mass is 10.2. The Morgan fingerprint density at radius 2 is 1.96 bits per heavy atom. The maximum Gasteiger partial charge on any atom is 0.349 e. The number of aldehydes is 1. The van der Waals surface area contributed by atoms with Crippen LogP contribution in [0.5, 0.6) is 17.2 Å². The molecule has 0 aliphatic heterocycles. The minimum Gasteiger partial charge on any atom is -0.493 e. The van der Waals surface area contributed by atoms with Crippen LogP contribution in [-0.2, 0) is 4.79 Å². The molecule has 0 spiro atoms. The fourth-order valence-electron chi connectivity index (χ4n) is 2.04. The van der Waals surface area contributed by atoms with E-state index in [0.29, 0.717) is 22.3 Å². The van der Waals surface area contributed by atoms with Crippen molar-refractivity contribution in [1.82, 2.24) is 0 Å². The van der Waals surface area contributed by atoms with E-state index in [-0.39, 0.29) is 17.9 Å². The molecular weight excluding hydrogens is 444 g/mol. The molecule has 0 aliphatic carbocycles. The van der Waals surface area contributed by atoms with E-state index in [2.05, 4.69) is 31.9 Å². The smallest absolute Gasteiger partial charge is 0.349 e. The molecule has 0 fully saturated rings. The van der Waals surface area contributed by atoms with Crippen molar-refractivity contribution in [3.63, 3.8) is 0 Å². The molecule has 0 aliphatic rings. The van der Waals surface area contributed by atoms with Gasteiger partial charge in [-0.3, -0.25) is 4.79 Å². The van der Waals surface area contributed by atoms with Crippen molar-refractivity contribution in [3.05, 3.63) is 50.4 Å². The average Bonchev–Trinajstić information content (AvgIpc) is 2.54. The first-order valence-corrected chi connectivity index (χ1v) is 8.46. The quantitative estimate of drug-likeness (QED) is 0.367. The number of aryl methyl sites for hydroxylation is 1. The van der Waals surface area contributed by atoms with Gasteiger partial charge in [-0.2, -0.15) is 0 Å². The molecule has 0 amide bonds. The zero-order valence-electron chi connectivity index (χ0n) is 13.0. The summed E-state index contributed by atoms with van der Waals surface area (Å²) in [5.41, 5.74) is 1.08. The Kier molecular flexibility index (Phi) is 6.39. The highest BCUT2D eigenvalue weighted by atomic mass is 79.9. The number of benzene rings is 2. The minimum absolute atomic E-state index is 0.0789. The van der Waals surface area contributed by atoms with Gasteiger partial charge < -0.3 is 14.2 Å². The highest BCUT2D eigenvalue weighted by molar-refractivity contribution is 9.11. The zero-order chi connectivity index (χ0) is 17.7. The highest BCUT2D eigenvalue weighted by Gasteiger charge is 2.16. The monoisotopic (exact) mass is 456 g/mol. The van der Waals surface area contributed by atoms with E-state index >= 15 is 0 Å². The van der Waals surface area contributed by atoms with Crippen LogP contribution in [0.2, 0.25) is 0 Å². The molecular formula is C17H14Br2O5. The summed E-state index contributed by atoms with van der Waals surface area (Å²) in [6.07, 6.45) is 0.599. The molecule has 0 unspecified atom stereocenters. The van der Waals surface area contributed by atoms with Gasteiger partial charge in [-0.05, 0) is 52.7 Å². The summed E-state index contributed by atoms with van der Waals surface area (Å²) >= 11 is 6.77. The van der Waals surface area contributed by atoms with Gasteiger partial charge in [0.05, 0.1) is 17.1 Å². The molecule has 0 bridgehead atoms. The molecule has 24 heavy (non-hydrogen) atoms. The van der Waals surface area contributed by atoms with E-state index in [0.717, 1.165) is 10.0 Å². The molecule has 0 aromatic heterocycles. The Hall–Kier alpha value is -1.86. The Labute approximate surface area is 156 Å². The number of hydrogen-bond donors (Lipinski definition) is 0. The number of carbonyl (C=O) groups excluding carboxylic acids is 2. The van der Waals surface area contributed by atoms with Crippen LogP contribution in [-0.4, -0.2) is 26.0 Å². The number of halogens is 2. The predicted octanol–water partition coefficient (Wildman–Crippen LogP) is 4.33. The molecule has 5 nitrogen and oxygen atoms in total. The van der Waals surface area contributed by atoms with Crippen molar-refractivity contribution in [2.75, 3.05) is 13.7 Å². The van der Waals surface area contributed by atoms with Gasteiger partial charge in [-0.15, -0.1) is 0 Å². The van der Waals surface area contributed by atoms with E-state index in [1.165, 1.54) is 13.2 Å². The molecule has 0 N–H and O–H groups in total. The van der Waals surface area contributed by atoms with Gasteiger partial charge in [0.25, 0.3) is 0 Å².